The Labute approximate surface area is 128 Å². The van der Waals surface area contributed by atoms with Crippen molar-refractivity contribution in [1.82, 2.24) is 5.32 Å². The van der Waals surface area contributed by atoms with Crippen molar-refractivity contribution < 1.29 is 4.74 Å². The topological polar surface area (TPSA) is 57.4 Å². The van der Waals surface area contributed by atoms with E-state index in [2.05, 4.69) is 10.3 Å². The van der Waals surface area contributed by atoms with Crippen LogP contribution in [0.1, 0.15) is 5.56 Å². The number of nitrogens with zero attached hydrogens (tertiary/aromatic N) is 2. The molecule has 106 valence electrons. The van der Waals surface area contributed by atoms with Crippen molar-refractivity contribution in [2.24, 2.45) is 4.99 Å². The van der Waals surface area contributed by atoms with E-state index in [0.29, 0.717) is 11.8 Å². The Balaban J connectivity index is 2.06. The van der Waals surface area contributed by atoms with Gasteiger partial charge in [0.2, 0.25) is 0 Å². The number of aliphatic imine (C=N–C) groups is 1. The summed E-state index contributed by atoms with van der Waals surface area (Å²) < 4.78 is 5.75. The number of ether oxygens (including phenoxy) is 1. The number of hydrogen-bond donors (Lipinski definition) is 1. The van der Waals surface area contributed by atoms with E-state index in [1.165, 1.54) is 11.8 Å². The Morgan fingerprint density at radius 2 is 2.05 bits per heavy atom. The number of thioether (sulfide) groups is 1. The van der Waals surface area contributed by atoms with Gasteiger partial charge < -0.3 is 4.74 Å². The maximum atomic E-state index is 8.63. The van der Waals surface area contributed by atoms with E-state index in [1.807, 2.05) is 67.0 Å². The van der Waals surface area contributed by atoms with Gasteiger partial charge in [0.25, 0.3) is 0 Å². The number of nitrogens with one attached hydrogen (secondary N) is 1. The van der Waals surface area contributed by atoms with Crippen LogP contribution in [0, 0.1) is 11.5 Å². The zero-order valence-electron chi connectivity index (χ0n) is 11.6. The largest absolute Gasteiger partial charge is 0.489 e. The molecule has 0 amide bonds. The second kappa shape index (κ2) is 7.98. The number of nitriles is 1. The van der Waals surface area contributed by atoms with E-state index >= 15 is 0 Å². The summed E-state index contributed by atoms with van der Waals surface area (Å²) in [7, 11) is 0. The molecule has 0 aliphatic heterocycles. The minimum Gasteiger partial charge on any atom is -0.489 e. The first-order chi connectivity index (χ1) is 10.3. The van der Waals surface area contributed by atoms with Crippen molar-refractivity contribution in [3.63, 3.8) is 0 Å². The first-order valence-electron chi connectivity index (χ1n) is 6.36. The highest BCUT2D eigenvalue weighted by Gasteiger charge is 2.00. The van der Waals surface area contributed by atoms with Gasteiger partial charge in [0.05, 0.1) is 5.69 Å². The fourth-order valence-electron chi connectivity index (χ4n) is 1.67. The smallest absolute Gasteiger partial charge is 0.183 e. The van der Waals surface area contributed by atoms with E-state index in [0.717, 1.165) is 17.0 Å². The Bertz CT molecular complexity index is 650. The van der Waals surface area contributed by atoms with E-state index < -0.39 is 0 Å². The van der Waals surface area contributed by atoms with Crippen molar-refractivity contribution in [2.45, 2.75) is 6.61 Å². The molecule has 21 heavy (non-hydrogen) atoms. The average Bonchev–Trinajstić information content (AvgIpc) is 2.54. The first-order valence-corrected chi connectivity index (χ1v) is 7.59. The molecule has 2 aromatic carbocycles. The average molecular weight is 297 g/mol. The molecular weight excluding hydrogens is 282 g/mol. The van der Waals surface area contributed by atoms with Gasteiger partial charge in [-0.25, -0.2) is 4.99 Å². The highest BCUT2D eigenvalue weighted by atomic mass is 32.2. The molecule has 0 bridgehead atoms. The summed E-state index contributed by atoms with van der Waals surface area (Å²) >= 11 is 1.38. The molecule has 0 unspecified atom stereocenters. The zero-order valence-corrected chi connectivity index (χ0v) is 12.4. The fourth-order valence-corrected chi connectivity index (χ4v) is 2.02. The summed E-state index contributed by atoms with van der Waals surface area (Å²) in [6.45, 7) is 0.514. The lowest BCUT2D eigenvalue weighted by molar-refractivity contribution is 0.306. The van der Waals surface area contributed by atoms with Gasteiger partial charge in [-0.3, -0.25) is 5.32 Å². The molecule has 0 saturated heterocycles. The van der Waals surface area contributed by atoms with Crippen LogP contribution in [0.25, 0.3) is 0 Å². The number of rotatable bonds is 4. The third-order valence-electron chi connectivity index (χ3n) is 2.65. The van der Waals surface area contributed by atoms with Crippen LogP contribution in [-0.4, -0.2) is 11.4 Å². The van der Waals surface area contributed by atoms with Gasteiger partial charge in [-0.1, -0.05) is 48.2 Å². The molecule has 0 aromatic heterocycles. The number of hydrogen-bond acceptors (Lipinski definition) is 4. The normalized spacial score (nSPS) is 10.8. The Hall–Kier alpha value is -2.45. The monoisotopic (exact) mass is 297 g/mol. The molecule has 0 spiro atoms. The van der Waals surface area contributed by atoms with Crippen LogP contribution in [0.3, 0.4) is 0 Å². The van der Waals surface area contributed by atoms with Crippen LogP contribution in [0.15, 0.2) is 59.6 Å². The summed E-state index contributed by atoms with van der Waals surface area (Å²) in [5, 5.41) is 11.7. The van der Waals surface area contributed by atoms with Gasteiger partial charge in [0.15, 0.2) is 11.4 Å². The van der Waals surface area contributed by atoms with Gasteiger partial charge in [0, 0.05) is 6.07 Å². The molecule has 0 radical (unpaired) electrons. The molecule has 1 N–H and O–H groups in total. The number of amidine groups is 1. The number of benzene rings is 2. The quantitative estimate of drug-likeness (QED) is 0.405. The maximum Gasteiger partial charge on any atom is 0.183 e. The van der Waals surface area contributed by atoms with E-state index in [9.17, 15) is 0 Å². The molecule has 0 atom stereocenters. The fraction of sp³-hybridized carbons (Fsp3) is 0.125. The highest BCUT2D eigenvalue weighted by Crippen LogP contribution is 2.21. The molecule has 4 nitrogen and oxygen atoms in total. The summed E-state index contributed by atoms with van der Waals surface area (Å²) in [4.78, 5) is 4.35. The third-order valence-corrected chi connectivity index (χ3v) is 3.23. The van der Waals surface area contributed by atoms with Gasteiger partial charge in [-0.2, -0.15) is 5.26 Å². The van der Waals surface area contributed by atoms with Gasteiger partial charge in [-0.05, 0) is 24.0 Å². The lowest BCUT2D eigenvalue weighted by atomic mass is 10.2. The van der Waals surface area contributed by atoms with Crippen molar-refractivity contribution in [3.8, 4) is 11.9 Å². The van der Waals surface area contributed by atoms with Crippen molar-refractivity contribution in [2.75, 3.05) is 6.26 Å². The van der Waals surface area contributed by atoms with E-state index in [-0.39, 0.29) is 0 Å². The predicted molar refractivity (Wildman–Crippen MR) is 86.6 cm³/mol. The summed E-state index contributed by atoms with van der Waals surface area (Å²) in [6.07, 6.45) is 3.73. The Morgan fingerprint density at radius 1 is 1.24 bits per heavy atom. The lowest BCUT2D eigenvalue weighted by Gasteiger charge is -2.07. The van der Waals surface area contributed by atoms with Crippen molar-refractivity contribution in [3.05, 3.63) is 60.2 Å². The maximum absolute atomic E-state index is 8.63. The molecule has 0 fully saturated rings. The second-order valence-electron chi connectivity index (χ2n) is 4.13. The highest BCUT2D eigenvalue weighted by molar-refractivity contribution is 8.13. The van der Waals surface area contributed by atoms with Gasteiger partial charge in [-0.15, -0.1) is 0 Å². The van der Waals surface area contributed by atoms with Crippen LogP contribution in [0.5, 0.6) is 5.75 Å². The van der Waals surface area contributed by atoms with Crippen molar-refractivity contribution in [1.29, 1.82) is 5.26 Å². The minimum atomic E-state index is 0.514. The van der Waals surface area contributed by atoms with Gasteiger partial charge in [0.1, 0.15) is 12.4 Å². The van der Waals surface area contributed by atoms with Gasteiger partial charge >= 0.3 is 0 Å². The SMILES string of the molecule is CSC(=Nc1cccc(OCc2ccccc2)c1)NC#N. The predicted octanol–water partition coefficient (Wildman–Crippen LogP) is 3.69. The molecule has 5 heteroatoms. The summed E-state index contributed by atoms with van der Waals surface area (Å²) in [5.41, 5.74) is 1.86. The summed E-state index contributed by atoms with van der Waals surface area (Å²) in [5.74, 6) is 0.748. The van der Waals surface area contributed by atoms with Crippen LogP contribution in [-0.2, 0) is 6.61 Å². The summed E-state index contributed by atoms with van der Waals surface area (Å²) in [6, 6.07) is 17.5. The van der Waals surface area contributed by atoms with Crippen molar-refractivity contribution >= 4 is 22.6 Å². The van der Waals surface area contributed by atoms with Crippen LogP contribution in [0.4, 0.5) is 5.69 Å². The second-order valence-corrected chi connectivity index (χ2v) is 4.92. The van der Waals surface area contributed by atoms with Crippen LogP contribution >= 0.6 is 11.8 Å². The Morgan fingerprint density at radius 3 is 2.76 bits per heavy atom. The third kappa shape index (κ3) is 4.86. The van der Waals surface area contributed by atoms with Crippen LogP contribution < -0.4 is 10.1 Å². The molecule has 2 aromatic rings. The molecule has 2 rings (SSSR count). The van der Waals surface area contributed by atoms with Crippen LogP contribution in [0.2, 0.25) is 0 Å². The molecular formula is C16H15N3OS. The molecule has 0 saturated carbocycles. The Kier molecular flexibility index (Phi) is 5.68. The minimum absolute atomic E-state index is 0.514. The molecule has 0 heterocycles. The molecule has 0 aliphatic rings. The zero-order chi connectivity index (χ0) is 14.9. The molecule has 0 aliphatic carbocycles. The first kappa shape index (κ1) is 14.9. The van der Waals surface area contributed by atoms with E-state index in [1.54, 1.807) is 0 Å². The van der Waals surface area contributed by atoms with E-state index in [4.69, 9.17) is 10.00 Å². The standard InChI is InChI=1S/C16H15N3OS/c1-21-16(18-12-17)19-14-8-5-9-15(10-14)20-11-13-6-3-2-4-7-13/h2-10H,11H2,1H3,(H,18,19). The lowest BCUT2D eigenvalue weighted by Crippen LogP contribution is -2.12.